The molecule has 0 spiro atoms. The summed E-state index contributed by atoms with van der Waals surface area (Å²) in [6.07, 6.45) is 0. The highest BCUT2D eigenvalue weighted by molar-refractivity contribution is 5.82. The summed E-state index contributed by atoms with van der Waals surface area (Å²) in [6, 6.07) is 13.9. The summed E-state index contributed by atoms with van der Waals surface area (Å²) >= 11 is 0. The Morgan fingerprint density at radius 2 is 1.86 bits per heavy atom. The molecule has 0 aliphatic heterocycles. The number of fused-ring (bicyclic) bond motifs is 1. The fourth-order valence-electron chi connectivity index (χ4n) is 2.30. The largest absolute Gasteiger partial charge is 0.489 e. The lowest BCUT2D eigenvalue weighted by Gasteiger charge is -2.07. The van der Waals surface area contributed by atoms with Crippen LogP contribution in [0.15, 0.2) is 52.9 Å². The average Bonchev–Trinajstić information content (AvgIpc) is 2.85. The van der Waals surface area contributed by atoms with E-state index in [1.807, 2.05) is 31.3 Å². The minimum absolute atomic E-state index is 0.271. The zero-order valence-corrected chi connectivity index (χ0v) is 11.7. The topological polar surface area (TPSA) is 34.4 Å². The monoisotopic (exact) mass is 285 g/mol. The summed E-state index contributed by atoms with van der Waals surface area (Å²) in [4.78, 5) is 0. The zero-order chi connectivity index (χ0) is 14.7. The Balaban J connectivity index is 1.87. The molecule has 2 aromatic carbocycles. The number of hydrogen-bond acceptors (Lipinski definition) is 3. The van der Waals surface area contributed by atoms with Crippen LogP contribution in [-0.2, 0) is 13.2 Å². The Hall–Kier alpha value is -2.33. The fourth-order valence-corrected chi connectivity index (χ4v) is 2.30. The number of benzene rings is 2. The summed E-state index contributed by atoms with van der Waals surface area (Å²) in [7, 11) is 1.87. The van der Waals surface area contributed by atoms with Crippen molar-refractivity contribution in [3.63, 3.8) is 0 Å². The third kappa shape index (κ3) is 2.90. The van der Waals surface area contributed by atoms with Gasteiger partial charge in [0.05, 0.1) is 6.54 Å². The van der Waals surface area contributed by atoms with Gasteiger partial charge in [-0.1, -0.05) is 18.2 Å². The first-order valence-electron chi connectivity index (χ1n) is 6.80. The minimum atomic E-state index is -0.271. The maximum absolute atomic E-state index is 12.9. The van der Waals surface area contributed by atoms with E-state index in [2.05, 4.69) is 5.32 Å². The van der Waals surface area contributed by atoms with Crippen LogP contribution in [0.2, 0.25) is 0 Å². The van der Waals surface area contributed by atoms with Crippen molar-refractivity contribution in [2.24, 2.45) is 0 Å². The molecular weight excluding hydrogens is 269 g/mol. The highest BCUT2D eigenvalue weighted by Gasteiger charge is 2.13. The van der Waals surface area contributed by atoms with Crippen molar-refractivity contribution >= 4 is 11.0 Å². The van der Waals surface area contributed by atoms with Gasteiger partial charge in [-0.15, -0.1) is 0 Å². The van der Waals surface area contributed by atoms with Crippen LogP contribution in [0.25, 0.3) is 11.0 Å². The lowest BCUT2D eigenvalue weighted by molar-refractivity contribution is 0.302. The molecule has 21 heavy (non-hydrogen) atoms. The third-order valence-corrected chi connectivity index (χ3v) is 3.32. The number of halogens is 1. The van der Waals surface area contributed by atoms with Crippen molar-refractivity contribution in [1.82, 2.24) is 5.32 Å². The maximum atomic E-state index is 12.9. The molecular formula is C17H16FNO2. The molecule has 1 N–H and O–H groups in total. The van der Waals surface area contributed by atoms with E-state index < -0.39 is 0 Å². The second-order valence-electron chi connectivity index (χ2n) is 4.77. The third-order valence-electron chi connectivity index (χ3n) is 3.32. The first-order valence-corrected chi connectivity index (χ1v) is 6.80. The van der Waals surface area contributed by atoms with Gasteiger partial charge >= 0.3 is 0 Å². The molecule has 0 atom stereocenters. The molecule has 0 unspecified atom stereocenters. The summed E-state index contributed by atoms with van der Waals surface area (Å²) < 4.78 is 24.5. The van der Waals surface area contributed by atoms with Gasteiger partial charge in [0.1, 0.15) is 29.5 Å². The molecule has 1 heterocycles. The Morgan fingerprint density at radius 3 is 2.62 bits per heavy atom. The molecule has 0 fully saturated rings. The van der Waals surface area contributed by atoms with Gasteiger partial charge in [0.15, 0.2) is 0 Å². The molecule has 0 aliphatic carbocycles. The van der Waals surface area contributed by atoms with Gasteiger partial charge in [0.25, 0.3) is 0 Å². The molecule has 0 aliphatic rings. The van der Waals surface area contributed by atoms with Crippen LogP contribution in [0.4, 0.5) is 4.39 Å². The number of hydrogen-bond donors (Lipinski definition) is 1. The van der Waals surface area contributed by atoms with Crippen molar-refractivity contribution in [2.45, 2.75) is 13.2 Å². The van der Waals surface area contributed by atoms with Gasteiger partial charge in [-0.3, -0.25) is 0 Å². The van der Waals surface area contributed by atoms with Gasteiger partial charge in [0, 0.05) is 10.9 Å². The Labute approximate surface area is 122 Å². The van der Waals surface area contributed by atoms with E-state index in [9.17, 15) is 4.39 Å². The van der Waals surface area contributed by atoms with E-state index in [0.29, 0.717) is 18.9 Å². The van der Waals surface area contributed by atoms with Crippen molar-refractivity contribution < 1.29 is 13.5 Å². The van der Waals surface area contributed by atoms with Crippen LogP contribution in [0, 0.1) is 5.82 Å². The smallest absolute Gasteiger partial charge is 0.134 e. The number of nitrogens with one attached hydrogen (secondary N) is 1. The minimum Gasteiger partial charge on any atom is -0.489 e. The zero-order valence-electron chi connectivity index (χ0n) is 11.7. The SMILES string of the molecule is CNCc1oc2ccccc2c1COc1ccc(F)cc1. The summed E-state index contributed by atoms with van der Waals surface area (Å²) in [5.74, 6) is 1.23. The second-order valence-corrected chi connectivity index (χ2v) is 4.77. The standard InChI is InChI=1S/C17H16FNO2/c1-19-10-17-15(14-4-2-3-5-16(14)21-17)11-20-13-8-6-12(18)7-9-13/h2-9,19H,10-11H2,1H3. The molecule has 108 valence electrons. The van der Waals surface area contributed by atoms with E-state index in [4.69, 9.17) is 9.15 Å². The molecule has 0 saturated heterocycles. The predicted octanol–water partition coefficient (Wildman–Crippen LogP) is 3.87. The van der Waals surface area contributed by atoms with E-state index in [-0.39, 0.29) is 5.82 Å². The molecule has 0 saturated carbocycles. The van der Waals surface area contributed by atoms with E-state index in [1.54, 1.807) is 12.1 Å². The number of furan rings is 1. The summed E-state index contributed by atoms with van der Waals surface area (Å²) in [6.45, 7) is 1.02. The van der Waals surface area contributed by atoms with E-state index in [1.165, 1.54) is 12.1 Å². The Kier molecular flexibility index (Phi) is 3.88. The van der Waals surface area contributed by atoms with E-state index >= 15 is 0 Å². The maximum Gasteiger partial charge on any atom is 0.134 e. The van der Waals surface area contributed by atoms with Crippen molar-refractivity contribution in [2.75, 3.05) is 7.05 Å². The molecule has 3 nitrogen and oxygen atoms in total. The van der Waals surface area contributed by atoms with Crippen molar-refractivity contribution in [1.29, 1.82) is 0 Å². The van der Waals surface area contributed by atoms with Gasteiger partial charge in [-0.05, 0) is 37.4 Å². The van der Waals surface area contributed by atoms with Crippen molar-refractivity contribution in [3.8, 4) is 5.75 Å². The van der Waals surface area contributed by atoms with Crippen LogP contribution < -0.4 is 10.1 Å². The first kappa shape index (κ1) is 13.6. The molecule has 0 radical (unpaired) electrons. The Bertz CT molecular complexity index is 734. The average molecular weight is 285 g/mol. The lowest BCUT2D eigenvalue weighted by Crippen LogP contribution is -2.07. The highest BCUT2D eigenvalue weighted by atomic mass is 19.1. The van der Waals surface area contributed by atoms with E-state index in [0.717, 1.165) is 22.3 Å². The molecule has 0 amide bonds. The van der Waals surface area contributed by atoms with Crippen LogP contribution in [0.3, 0.4) is 0 Å². The second kappa shape index (κ2) is 5.97. The van der Waals surface area contributed by atoms with Gasteiger partial charge in [-0.25, -0.2) is 4.39 Å². The molecule has 3 rings (SSSR count). The molecule has 3 aromatic rings. The van der Waals surface area contributed by atoms with Gasteiger partial charge < -0.3 is 14.5 Å². The fraction of sp³-hybridized carbons (Fsp3) is 0.176. The van der Waals surface area contributed by atoms with Crippen molar-refractivity contribution in [3.05, 3.63) is 65.7 Å². The Morgan fingerprint density at radius 1 is 1.10 bits per heavy atom. The number of ether oxygens (including phenoxy) is 1. The summed E-state index contributed by atoms with van der Waals surface area (Å²) in [5, 5.41) is 4.14. The first-order chi connectivity index (χ1) is 10.3. The normalized spacial score (nSPS) is 11.0. The van der Waals surface area contributed by atoms with Crippen LogP contribution in [-0.4, -0.2) is 7.05 Å². The van der Waals surface area contributed by atoms with Crippen LogP contribution in [0.5, 0.6) is 5.75 Å². The quantitative estimate of drug-likeness (QED) is 0.772. The lowest BCUT2D eigenvalue weighted by atomic mass is 10.1. The van der Waals surface area contributed by atoms with Crippen LogP contribution in [0.1, 0.15) is 11.3 Å². The molecule has 4 heteroatoms. The summed E-state index contributed by atoms with van der Waals surface area (Å²) in [5.41, 5.74) is 1.87. The van der Waals surface area contributed by atoms with Gasteiger partial charge in [-0.2, -0.15) is 0 Å². The predicted molar refractivity (Wildman–Crippen MR) is 79.7 cm³/mol. The number of rotatable bonds is 5. The number of para-hydroxylation sites is 1. The molecule has 0 bridgehead atoms. The van der Waals surface area contributed by atoms with Crippen LogP contribution >= 0.6 is 0 Å². The molecule has 1 aromatic heterocycles. The van der Waals surface area contributed by atoms with Gasteiger partial charge in [0.2, 0.25) is 0 Å². The highest BCUT2D eigenvalue weighted by Crippen LogP contribution is 2.27.